The topological polar surface area (TPSA) is 46.6 Å². The largest absolute Gasteiger partial charge is 0.465 e. The van der Waals surface area contributed by atoms with Gasteiger partial charge in [-0.3, -0.25) is 14.5 Å². The summed E-state index contributed by atoms with van der Waals surface area (Å²) in [6.07, 6.45) is 2.39. The smallest absolute Gasteiger partial charge is 0.318 e. The lowest BCUT2D eigenvalue weighted by molar-refractivity contribution is -0.156. The van der Waals surface area contributed by atoms with Crippen molar-refractivity contribution in [1.29, 1.82) is 0 Å². The zero-order chi connectivity index (χ0) is 14.8. The molecule has 0 aromatic heterocycles. The van der Waals surface area contributed by atoms with Crippen molar-refractivity contribution in [3.8, 4) is 0 Å². The maximum absolute atomic E-state index is 12.2. The van der Waals surface area contributed by atoms with Crippen molar-refractivity contribution in [3.05, 3.63) is 35.9 Å². The Bertz CT molecular complexity index is 528. The van der Waals surface area contributed by atoms with Crippen LogP contribution in [0.5, 0.6) is 0 Å². The number of Topliss-reactive ketones (excluding diaryl/α,β-unsaturated/α-hetero) is 1. The number of esters is 1. The molecule has 21 heavy (non-hydrogen) atoms. The van der Waals surface area contributed by atoms with E-state index in [0.29, 0.717) is 13.0 Å². The van der Waals surface area contributed by atoms with Crippen LogP contribution in [0.15, 0.2) is 30.3 Å². The summed E-state index contributed by atoms with van der Waals surface area (Å²) in [7, 11) is 0. The number of hydrogen-bond donors (Lipinski definition) is 0. The van der Waals surface area contributed by atoms with E-state index in [0.717, 1.165) is 19.4 Å². The van der Waals surface area contributed by atoms with Crippen molar-refractivity contribution in [2.45, 2.75) is 44.8 Å². The number of ketones is 1. The third kappa shape index (κ3) is 2.72. The summed E-state index contributed by atoms with van der Waals surface area (Å²) in [5.41, 5.74) is 1.23. The van der Waals surface area contributed by atoms with E-state index in [1.54, 1.807) is 6.92 Å². The molecule has 2 bridgehead atoms. The van der Waals surface area contributed by atoms with Crippen molar-refractivity contribution in [2.75, 3.05) is 6.61 Å². The quantitative estimate of drug-likeness (QED) is 0.629. The average molecular weight is 287 g/mol. The predicted molar refractivity (Wildman–Crippen MR) is 78.5 cm³/mol. The molecule has 0 amide bonds. The molecule has 2 fully saturated rings. The Morgan fingerprint density at radius 2 is 2.05 bits per heavy atom. The number of nitrogens with zero attached hydrogens (tertiary/aromatic N) is 1. The van der Waals surface area contributed by atoms with E-state index in [-0.39, 0.29) is 23.8 Å². The Balaban J connectivity index is 1.79. The van der Waals surface area contributed by atoms with Crippen LogP contribution in [0, 0.1) is 5.92 Å². The number of benzene rings is 1. The zero-order valence-corrected chi connectivity index (χ0v) is 12.3. The molecule has 2 aliphatic heterocycles. The molecule has 0 N–H and O–H groups in total. The van der Waals surface area contributed by atoms with Crippen LogP contribution in [0.1, 0.15) is 31.7 Å². The summed E-state index contributed by atoms with van der Waals surface area (Å²) in [4.78, 5) is 26.7. The van der Waals surface area contributed by atoms with Gasteiger partial charge >= 0.3 is 5.97 Å². The summed E-state index contributed by atoms with van der Waals surface area (Å²) >= 11 is 0. The van der Waals surface area contributed by atoms with Gasteiger partial charge in [-0.15, -0.1) is 0 Å². The number of carbonyl (C=O) groups is 2. The maximum atomic E-state index is 12.2. The molecule has 0 radical (unpaired) electrons. The highest BCUT2D eigenvalue weighted by Gasteiger charge is 2.50. The minimum absolute atomic E-state index is 0.00973. The van der Waals surface area contributed by atoms with Crippen molar-refractivity contribution in [2.24, 2.45) is 5.92 Å². The fraction of sp³-hybridized carbons (Fsp3) is 0.529. The van der Waals surface area contributed by atoms with Crippen molar-refractivity contribution in [3.63, 3.8) is 0 Å². The highest BCUT2D eigenvalue weighted by Crippen LogP contribution is 2.38. The number of rotatable bonds is 4. The van der Waals surface area contributed by atoms with Crippen LogP contribution in [0.25, 0.3) is 0 Å². The van der Waals surface area contributed by atoms with Crippen LogP contribution in [-0.4, -0.2) is 35.3 Å². The van der Waals surface area contributed by atoms with Gasteiger partial charge in [0, 0.05) is 25.0 Å². The summed E-state index contributed by atoms with van der Waals surface area (Å²) in [5.74, 6) is -0.872. The molecule has 1 aromatic carbocycles. The normalized spacial score (nSPS) is 28.6. The van der Waals surface area contributed by atoms with Crippen LogP contribution in [-0.2, 0) is 20.9 Å². The van der Waals surface area contributed by atoms with Gasteiger partial charge in [0.25, 0.3) is 0 Å². The standard InChI is InChI=1S/C17H21NO3/c1-2-21-17(20)16-14-9-8-13(10-15(16)19)18(14)11-12-6-4-3-5-7-12/h3-7,13-14,16H,2,8-11H2,1H3/t13-,14+,16-/m0/s1. The number of ether oxygens (including phenoxy) is 1. The van der Waals surface area contributed by atoms with Gasteiger partial charge in [0.05, 0.1) is 6.61 Å². The second kappa shape index (κ2) is 5.98. The molecule has 3 rings (SSSR count). The maximum Gasteiger partial charge on any atom is 0.318 e. The van der Waals surface area contributed by atoms with Crippen LogP contribution < -0.4 is 0 Å². The lowest BCUT2D eigenvalue weighted by Crippen LogP contribution is -2.51. The van der Waals surface area contributed by atoms with Gasteiger partial charge in [-0.25, -0.2) is 0 Å². The molecule has 2 saturated heterocycles. The molecule has 112 valence electrons. The Morgan fingerprint density at radius 1 is 1.29 bits per heavy atom. The highest BCUT2D eigenvalue weighted by molar-refractivity contribution is 6.01. The van der Waals surface area contributed by atoms with Gasteiger partial charge in [-0.2, -0.15) is 0 Å². The van der Waals surface area contributed by atoms with Crippen molar-refractivity contribution in [1.82, 2.24) is 4.90 Å². The van der Waals surface area contributed by atoms with Crippen molar-refractivity contribution < 1.29 is 14.3 Å². The first-order valence-electron chi connectivity index (χ1n) is 7.69. The van der Waals surface area contributed by atoms with Crippen LogP contribution in [0.4, 0.5) is 0 Å². The summed E-state index contributed by atoms with van der Waals surface area (Å²) in [6, 6.07) is 10.5. The highest BCUT2D eigenvalue weighted by atomic mass is 16.5. The SMILES string of the molecule is CCOC(=O)[C@@H]1C(=O)C[C@@H]2CC[C@H]1N2Cc1ccccc1. The first-order chi connectivity index (χ1) is 10.2. The Labute approximate surface area is 125 Å². The van der Waals surface area contributed by atoms with Crippen LogP contribution >= 0.6 is 0 Å². The van der Waals surface area contributed by atoms with E-state index in [2.05, 4.69) is 17.0 Å². The summed E-state index contributed by atoms with van der Waals surface area (Å²) < 4.78 is 5.11. The predicted octanol–water partition coefficient (Wildman–Crippen LogP) is 2.17. The number of hydrogen-bond acceptors (Lipinski definition) is 4. The molecule has 4 nitrogen and oxygen atoms in total. The van der Waals surface area contributed by atoms with Gasteiger partial charge in [0.15, 0.2) is 0 Å². The summed E-state index contributed by atoms with van der Waals surface area (Å²) in [5, 5.41) is 0. The second-order valence-corrected chi connectivity index (χ2v) is 5.86. The second-order valence-electron chi connectivity index (χ2n) is 5.86. The molecule has 2 heterocycles. The molecule has 3 atom stereocenters. The van der Waals surface area contributed by atoms with Gasteiger partial charge in [-0.05, 0) is 25.3 Å². The molecule has 0 unspecified atom stereocenters. The van der Waals surface area contributed by atoms with E-state index in [1.165, 1.54) is 5.56 Å². The van der Waals surface area contributed by atoms with Crippen LogP contribution in [0.3, 0.4) is 0 Å². The molecule has 4 heteroatoms. The third-order valence-electron chi connectivity index (χ3n) is 4.61. The first kappa shape index (κ1) is 14.3. The Morgan fingerprint density at radius 3 is 2.76 bits per heavy atom. The third-order valence-corrected chi connectivity index (χ3v) is 4.61. The fourth-order valence-corrected chi connectivity index (χ4v) is 3.68. The van der Waals surface area contributed by atoms with Crippen LogP contribution in [0.2, 0.25) is 0 Å². The molecular weight excluding hydrogens is 266 g/mol. The molecule has 2 aliphatic rings. The van der Waals surface area contributed by atoms with E-state index >= 15 is 0 Å². The first-order valence-corrected chi connectivity index (χ1v) is 7.69. The number of carbonyl (C=O) groups excluding carboxylic acids is 2. The monoisotopic (exact) mass is 287 g/mol. The lowest BCUT2D eigenvalue weighted by Gasteiger charge is -2.38. The van der Waals surface area contributed by atoms with Crippen molar-refractivity contribution >= 4 is 11.8 Å². The zero-order valence-electron chi connectivity index (χ0n) is 12.3. The van der Waals surface area contributed by atoms with E-state index in [4.69, 9.17) is 4.74 Å². The molecule has 0 saturated carbocycles. The molecular formula is C17H21NO3. The van der Waals surface area contributed by atoms with Gasteiger partial charge < -0.3 is 4.74 Å². The molecule has 1 aromatic rings. The van der Waals surface area contributed by atoms with Gasteiger partial charge in [0.1, 0.15) is 11.7 Å². The summed E-state index contributed by atoms with van der Waals surface area (Å²) in [6.45, 7) is 2.92. The minimum Gasteiger partial charge on any atom is -0.465 e. The van der Waals surface area contributed by atoms with E-state index in [9.17, 15) is 9.59 Å². The lowest BCUT2D eigenvalue weighted by atomic mass is 9.88. The Kier molecular flexibility index (Phi) is 4.06. The van der Waals surface area contributed by atoms with E-state index in [1.807, 2.05) is 18.2 Å². The minimum atomic E-state index is -0.590. The number of piperidine rings is 1. The van der Waals surface area contributed by atoms with Gasteiger partial charge in [0.2, 0.25) is 0 Å². The average Bonchev–Trinajstić information content (AvgIpc) is 2.75. The molecule has 0 aliphatic carbocycles. The van der Waals surface area contributed by atoms with E-state index < -0.39 is 5.92 Å². The Hall–Kier alpha value is -1.68. The van der Waals surface area contributed by atoms with Gasteiger partial charge in [-0.1, -0.05) is 30.3 Å². The fourth-order valence-electron chi connectivity index (χ4n) is 3.68. The molecule has 0 spiro atoms. The number of fused-ring (bicyclic) bond motifs is 2.